The third kappa shape index (κ3) is 4.00. The van der Waals surface area contributed by atoms with E-state index in [1.165, 1.54) is 18.4 Å². The van der Waals surface area contributed by atoms with Gasteiger partial charge in [0.05, 0.1) is 23.9 Å². The molecule has 4 aromatic rings. The minimum atomic E-state index is -0.448. The van der Waals surface area contributed by atoms with Gasteiger partial charge < -0.3 is 14.2 Å². The molecule has 2 aromatic carbocycles. The van der Waals surface area contributed by atoms with Crippen LogP contribution in [0.5, 0.6) is 0 Å². The summed E-state index contributed by atoms with van der Waals surface area (Å²) < 4.78 is 7.63. The number of carbonyl (C=O) groups excluding carboxylic acids is 2. The van der Waals surface area contributed by atoms with Crippen molar-refractivity contribution in [2.75, 3.05) is 12.0 Å². The maximum atomic E-state index is 13.5. The van der Waals surface area contributed by atoms with Crippen LogP contribution in [0, 0.1) is 6.92 Å². The fourth-order valence-electron chi connectivity index (χ4n) is 3.53. The van der Waals surface area contributed by atoms with E-state index in [2.05, 4.69) is 0 Å². The molecule has 0 bridgehead atoms. The number of esters is 1. The lowest BCUT2D eigenvalue weighted by Crippen LogP contribution is -2.34. The van der Waals surface area contributed by atoms with Crippen LogP contribution in [0.25, 0.3) is 10.2 Å². The summed E-state index contributed by atoms with van der Waals surface area (Å²) >= 11 is 1.53. The zero-order chi connectivity index (χ0) is 21.1. The van der Waals surface area contributed by atoms with Gasteiger partial charge in [-0.2, -0.15) is 0 Å². The van der Waals surface area contributed by atoms with Crippen molar-refractivity contribution in [3.63, 3.8) is 0 Å². The number of ether oxygens (including phenoxy) is 1. The van der Waals surface area contributed by atoms with Gasteiger partial charge in [0.1, 0.15) is 12.2 Å². The lowest BCUT2D eigenvalue weighted by Gasteiger charge is -2.24. The van der Waals surface area contributed by atoms with E-state index < -0.39 is 5.97 Å². The average molecular weight is 419 g/mol. The van der Waals surface area contributed by atoms with Gasteiger partial charge in [-0.3, -0.25) is 4.79 Å². The third-order valence-electron chi connectivity index (χ3n) is 5.01. The van der Waals surface area contributed by atoms with Crippen LogP contribution in [-0.2, 0) is 22.6 Å². The number of hydrogen-bond donors (Lipinski definition) is 0. The van der Waals surface area contributed by atoms with Crippen molar-refractivity contribution in [1.29, 1.82) is 0 Å². The molecule has 4 rings (SSSR count). The zero-order valence-electron chi connectivity index (χ0n) is 16.9. The van der Waals surface area contributed by atoms with Crippen molar-refractivity contribution in [2.45, 2.75) is 20.0 Å². The largest absolute Gasteiger partial charge is 0.464 e. The molecule has 0 N–H and O–H groups in total. The predicted molar refractivity (Wildman–Crippen MR) is 120 cm³/mol. The molecular weight excluding hydrogens is 396 g/mol. The van der Waals surface area contributed by atoms with Crippen LogP contribution in [0.15, 0.2) is 72.1 Å². The van der Waals surface area contributed by atoms with E-state index in [1.54, 1.807) is 15.5 Å². The highest BCUT2D eigenvalue weighted by atomic mass is 32.1. The zero-order valence-corrected chi connectivity index (χ0v) is 17.7. The molecule has 1 amide bonds. The number of aromatic nitrogens is 1. The summed E-state index contributed by atoms with van der Waals surface area (Å²) in [6.07, 6.45) is 0. The second kappa shape index (κ2) is 8.55. The number of amides is 1. The minimum absolute atomic E-state index is 0.0471. The topological polar surface area (TPSA) is 51.5 Å². The molecule has 30 heavy (non-hydrogen) atoms. The van der Waals surface area contributed by atoms with Crippen LogP contribution < -0.4 is 4.90 Å². The number of anilines is 1. The Kier molecular flexibility index (Phi) is 5.68. The van der Waals surface area contributed by atoms with Crippen LogP contribution >= 0.6 is 11.3 Å². The Morgan fingerprint density at radius 1 is 1.03 bits per heavy atom. The highest BCUT2D eigenvalue weighted by Crippen LogP contribution is 2.27. The van der Waals surface area contributed by atoms with E-state index >= 15 is 0 Å². The van der Waals surface area contributed by atoms with Crippen molar-refractivity contribution in [2.24, 2.45) is 0 Å². The van der Waals surface area contributed by atoms with Crippen LogP contribution in [0.3, 0.4) is 0 Å². The summed E-state index contributed by atoms with van der Waals surface area (Å²) in [6.45, 7) is 2.50. The monoisotopic (exact) mass is 418 g/mol. The lowest BCUT2D eigenvalue weighted by molar-refractivity contribution is -0.119. The fraction of sp³-hybridized carbons (Fsp3) is 0.167. The van der Waals surface area contributed by atoms with Crippen molar-refractivity contribution >= 4 is 39.1 Å². The fourth-order valence-corrected chi connectivity index (χ4v) is 4.35. The van der Waals surface area contributed by atoms with Gasteiger partial charge in [-0.15, -0.1) is 11.3 Å². The summed E-state index contributed by atoms with van der Waals surface area (Å²) in [5.41, 5.74) is 4.19. The highest BCUT2D eigenvalue weighted by Gasteiger charge is 2.22. The first kappa shape index (κ1) is 19.9. The Morgan fingerprint density at radius 2 is 1.83 bits per heavy atom. The second-order valence-electron chi connectivity index (χ2n) is 7.08. The van der Waals surface area contributed by atoms with Gasteiger partial charge in [-0.1, -0.05) is 42.5 Å². The molecule has 0 spiro atoms. The van der Waals surface area contributed by atoms with Gasteiger partial charge in [-0.25, -0.2) is 4.79 Å². The van der Waals surface area contributed by atoms with Crippen LogP contribution in [0.4, 0.5) is 5.69 Å². The molecule has 0 aliphatic heterocycles. The molecule has 0 aliphatic rings. The number of thiophene rings is 1. The highest BCUT2D eigenvalue weighted by molar-refractivity contribution is 7.17. The van der Waals surface area contributed by atoms with Crippen LogP contribution in [0.2, 0.25) is 0 Å². The normalized spacial score (nSPS) is 10.9. The molecule has 0 aliphatic carbocycles. The van der Waals surface area contributed by atoms with E-state index in [9.17, 15) is 9.59 Å². The number of aryl methyl sites for hydroxylation is 1. The van der Waals surface area contributed by atoms with Crippen LogP contribution in [-0.4, -0.2) is 23.6 Å². The van der Waals surface area contributed by atoms with Crippen molar-refractivity contribution in [1.82, 2.24) is 4.57 Å². The molecule has 0 atom stereocenters. The molecule has 2 aromatic heterocycles. The van der Waals surface area contributed by atoms with Crippen LogP contribution in [0.1, 0.15) is 21.6 Å². The average Bonchev–Trinajstić information content (AvgIpc) is 3.35. The number of carbonyl (C=O) groups is 2. The Morgan fingerprint density at radius 3 is 2.57 bits per heavy atom. The molecule has 0 saturated heterocycles. The quantitative estimate of drug-likeness (QED) is 0.413. The number of nitrogens with zero attached hydrogens (tertiary/aromatic N) is 2. The SMILES string of the molecule is COC(=O)c1cc2sccc2n1CC(=O)N(Cc1ccccc1)c1cccc(C)c1. The Labute approximate surface area is 179 Å². The maximum absolute atomic E-state index is 13.5. The van der Waals surface area contributed by atoms with E-state index in [-0.39, 0.29) is 12.5 Å². The lowest BCUT2D eigenvalue weighted by atomic mass is 10.1. The summed E-state index contributed by atoms with van der Waals surface area (Å²) in [7, 11) is 1.35. The van der Waals surface area contributed by atoms with Gasteiger partial charge >= 0.3 is 5.97 Å². The number of methoxy groups -OCH3 is 1. The van der Waals surface area contributed by atoms with E-state index in [0.29, 0.717) is 12.2 Å². The van der Waals surface area contributed by atoms with Gasteiger partial charge in [0.2, 0.25) is 5.91 Å². The smallest absolute Gasteiger partial charge is 0.354 e. The summed E-state index contributed by atoms with van der Waals surface area (Å²) in [5, 5.41) is 1.95. The molecule has 5 nitrogen and oxygen atoms in total. The Bertz CT molecular complexity index is 1190. The van der Waals surface area contributed by atoms with E-state index in [1.807, 2.05) is 73.0 Å². The first-order valence-corrected chi connectivity index (χ1v) is 10.5. The van der Waals surface area contributed by atoms with Gasteiger partial charge in [0.25, 0.3) is 0 Å². The van der Waals surface area contributed by atoms with Gasteiger partial charge in [0.15, 0.2) is 0 Å². The first-order valence-electron chi connectivity index (χ1n) is 9.63. The molecule has 0 radical (unpaired) electrons. The first-order chi connectivity index (χ1) is 14.6. The van der Waals surface area contributed by atoms with Gasteiger partial charge in [-0.05, 0) is 47.7 Å². The van der Waals surface area contributed by atoms with Crippen molar-refractivity contribution in [3.05, 3.63) is 88.9 Å². The number of rotatable bonds is 6. The second-order valence-corrected chi connectivity index (χ2v) is 8.03. The van der Waals surface area contributed by atoms with E-state index in [4.69, 9.17) is 4.74 Å². The maximum Gasteiger partial charge on any atom is 0.354 e. The number of benzene rings is 2. The molecule has 0 unspecified atom stereocenters. The Hall–Kier alpha value is -3.38. The molecule has 0 fully saturated rings. The Balaban J connectivity index is 1.71. The number of fused-ring (bicyclic) bond motifs is 1. The molecule has 6 heteroatoms. The number of hydrogen-bond acceptors (Lipinski definition) is 4. The van der Waals surface area contributed by atoms with Gasteiger partial charge in [0, 0.05) is 5.69 Å². The summed E-state index contributed by atoms with van der Waals surface area (Å²) in [5.74, 6) is -0.547. The predicted octanol–water partition coefficient (Wildman–Crippen LogP) is 5.03. The van der Waals surface area contributed by atoms with Crippen molar-refractivity contribution in [3.8, 4) is 0 Å². The summed E-state index contributed by atoms with van der Waals surface area (Å²) in [4.78, 5) is 27.6. The molecule has 152 valence electrons. The summed E-state index contributed by atoms with van der Waals surface area (Å²) in [6, 6.07) is 21.5. The molecule has 2 heterocycles. The molecule has 0 saturated carbocycles. The van der Waals surface area contributed by atoms with Crippen molar-refractivity contribution < 1.29 is 14.3 Å². The third-order valence-corrected chi connectivity index (χ3v) is 5.86. The standard InChI is InChI=1S/C24H22N2O3S/c1-17-7-6-10-19(13-17)25(15-18-8-4-3-5-9-18)23(27)16-26-20-11-12-30-22(20)14-21(26)24(28)29-2/h3-14H,15-16H2,1-2H3. The minimum Gasteiger partial charge on any atom is -0.464 e. The molecular formula is C24H22N2O3S. The van der Waals surface area contributed by atoms with E-state index in [0.717, 1.165) is 27.0 Å².